The van der Waals surface area contributed by atoms with Gasteiger partial charge >= 0.3 is 6.03 Å². The van der Waals surface area contributed by atoms with E-state index in [9.17, 15) is 14.0 Å². The molecule has 0 saturated heterocycles. The average Bonchev–Trinajstić information content (AvgIpc) is 2.61. The number of hydrogen-bond donors (Lipinski definition) is 1. The van der Waals surface area contributed by atoms with Crippen molar-refractivity contribution in [3.05, 3.63) is 81.0 Å². The van der Waals surface area contributed by atoms with Gasteiger partial charge in [0, 0.05) is 16.1 Å². The lowest BCUT2D eigenvalue weighted by atomic mass is 10.2. The zero-order valence-corrected chi connectivity index (χ0v) is 16.7. The van der Waals surface area contributed by atoms with Crippen molar-refractivity contribution in [1.29, 1.82) is 0 Å². The highest BCUT2D eigenvalue weighted by Gasteiger charge is 2.28. The van der Waals surface area contributed by atoms with Gasteiger partial charge in [-0.25, -0.2) is 14.1 Å². The number of rotatable bonds is 4. The van der Waals surface area contributed by atoms with Crippen molar-refractivity contribution in [1.82, 2.24) is 4.98 Å². The van der Waals surface area contributed by atoms with Gasteiger partial charge in [0.25, 0.3) is 5.91 Å². The summed E-state index contributed by atoms with van der Waals surface area (Å²) in [5.41, 5.74) is 4.82. The van der Waals surface area contributed by atoms with Crippen LogP contribution in [0.2, 0.25) is 15.1 Å². The molecule has 3 rings (SSSR count). The van der Waals surface area contributed by atoms with Crippen LogP contribution in [0.1, 0.15) is 10.4 Å². The van der Waals surface area contributed by atoms with Crippen LogP contribution in [0.5, 0.6) is 11.6 Å². The summed E-state index contributed by atoms with van der Waals surface area (Å²) in [5.74, 6) is -1.88. The minimum absolute atomic E-state index is 0.0134. The second-order valence-electron chi connectivity index (χ2n) is 5.62. The van der Waals surface area contributed by atoms with Gasteiger partial charge in [0.1, 0.15) is 17.4 Å². The fourth-order valence-corrected chi connectivity index (χ4v) is 3.17. The molecule has 29 heavy (non-hydrogen) atoms. The summed E-state index contributed by atoms with van der Waals surface area (Å²) in [6, 6.07) is 11.3. The monoisotopic (exact) mass is 453 g/mol. The number of halogens is 4. The molecule has 0 aliphatic carbocycles. The largest absolute Gasteiger partial charge is 0.439 e. The Bertz CT molecular complexity index is 1070. The topological polar surface area (TPSA) is 85.5 Å². The van der Waals surface area contributed by atoms with E-state index < -0.39 is 23.3 Å². The number of benzene rings is 2. The quantitative estimate of drug-likeness (QED) is 0.548. The summed E-state index contributed by atoms with van der Waals surface area (Å²) in [6.07, 6.45) is 0. The molecule has 10 heteroatoms. The number of nitrogens with two attached hydrogens (primary N) is 1. The second-order valence-corrected chi connectivity index (χ2v) is 6.90. The number of ether oxygens (including phenoxy) is 1. The fraction of sp³-hybridized carbons (Fsp3) is 0. The Labute approximate surface area is 179 Å². The van der Waals surface area contributed by atoms with Crippen LogP contribution in [-0.4, -0.2) is 16.9 Å². The summed E-state index contributed by atoms with van der Waals surface area (Å²) in [6.45, 7) is 0. The van der Waals surface area contributed by atoms with E-state index in [0.29, 0.717) is 14.9 Å². The van der Waals surface area contributed by atoms with Crippen molar-refractivity contribution in [3.8, 4) is 11.6 Å². The molecule has 1 aromatic heterocycles. The zero-order chi connectivity index (χ0) is 21.1. The van der Waals surface area contributed by atoms with Crippen molar-refractivity contribution in [2.45, 2.75) is 0 Å². The molecular formula is C19H11Cl3FN3O3. The number of primary amides is 1. The normalized spacial score (nSPS) is 10.5. The molecule has 0 spiro atoms. The fourth-order valence-electron chi connectivity index (χ4n) is 2.42. The van der Waals surface area contributed by atoms with Crippen molar-refractivity contribution in [3.63, 3.8) is 0 Å². The van der Waals surface area contributed by atoms with Gasteiger partial charge in [-0.1, -0.05) is 46.9 Å². The second kappa shape index (κ2) is 8.65. The van der Waals surface area contributed by atoms with E-state index in [1.165, 1.54) is 48.5 Å². The molecule has 2 aromatic carbocycles. The lowest BCUT2D eigenvalue weighted by Gasteiger charge is -2.19. The van der Waals surface area contributed by atoms with Gasteiger partial charge in [0.15, 0.2) is 0 Å². The standard InChI is InChI=1S/C19H11Cl3FN3O3/c20-10-7-11(21)9-12(8-10)29-16-6-2-5-15(25-16)26(19(24)28)18(27)17-13(22)3-1-4-14(17)23/h1-9H,(H2,24,28). The first-order valence-corrected chi connectivity index (χ1v) is 9.08. The third kappa shape index (κ3) is 4.76. The first-order chi connectivity index (χ1) is 13.8. The lowest BCUT2D eigenvalue weighted by Crippen LogP contribution is -2.42. The summed E-state index contributed by atoms with van der Waals surface area (Å²) in [7, 11) is 0. The molecule has 0 radical (unpaired) electrons. The van der Waals surface area contributed by atoms with Gasteiger partial charge in [0.05, 0.1) is 10.6 Å². The molecule has 0 bridgehead atoms. The van der Waals surface area contributed by atoms with Gasteiger partial charge < -0.3 is 10.5 Å². The molecule has 0 fully saturated rings. The first-order valence-electron chi connectivity index (χ1n) is 7.95. The molecule has 6 nitrogen and oxygen atoms in total. The van der Waals surface area contributed by atoms with E-state index in [2.05, 4.69) is 4.98 Å². The smallest absolute Gasteiger partial charge is 0.327 e. The summed E-state index contributed by atoms with van der Waals surface area (Å²) in [5, 5.41) is 0.501. The van der Waals surface area contributed by atoms with Gasteiger partial charge in [0.2, 0.25) is 5.88 Å². The number of nitrogens with zero attached hydrogens (tertiary/aromatic N) is 2. The molecule has 0 aliphatic heterocycles. The molecule has 0 saturated carbocycles. The Morgan fingerprint density at radius 2 is 1.66 bits per heavy atom. The molecule has 0 atom stereocenters. The number of hydrogen-bond acceptors (Lipinski definition) is 4. The number of imide groups is 1. The van der Waals surface area contributed by atoms with Gasteiger partial charge in [-0.05, 0) is 36.4 Å². The third-order valence-corrected chi connectivity index (χ3v) is 4.35. The van der Waals surface area contributed by atoms with Crippen molar-refractivity contribution >= 4 is 52.6 Å². The van der Waals surface area contributed by atoms with Crippen molar-refractivity contribution in [2.24, 2.45) is 5.73 Å². The summed E-state index contributed by atoms with van der Waals surface area (Å²) < 4.78 is 19.7. The molecule has 0 unspecified atom stereocenters. The number of carbonyl (C=O) groups is 2. The third-order valence-electron chi connectivity index (χ3n) is 3.60. The number of carbonyl (C=O) groups excluding carboxylic acids is 2. The van der Waals surface area contributed by atoms with E-state index in [0.717, 1.165) is 6.07 Å². The van der Waals surface area contributed by atoms with Crippen LogP contribution in [0, 0.1) is 5.82 Å². The number of amides is 3. The highest BCUT2D eigenvalue weighted by Crippen LogP contribution is 2.29. The Hall–Kier alpha value is -2.87. The number of aromatic nitrogens is 1. The number of urea groups is 1. The van der Waals surface area contributed by atoms with Gasteiger partial charge in [-0.15, -0.1) is 0 Å². The van der Waals surface area contributed by atoms with Gasteiger partial charge in [-0.2, -0.15) is 4.98 Å². The lowest BCUT2D eigenvalue weighted by molar-refractivity contribution is 0.0991. The van der Waals surface area contributed by atoms with E-state index in [-0.39, 0.29) is 22.5 Å². The Morgan fingerprint density at radius 1 is 1.00 bits per heavy atom. The van der Waals surface area contributed by atoms with Crippen molar-refractivity contribution in [2.75, 3.05) is 4.90 Å². The maximum Gasteiger partial charge on any atom is 0.327 e. The highest BCUT2D eigenvalue weighted by molar-refractivity contribution is 6.36. The van der Waals surface area contributed by atoms with Crippen LogP contribution in [0.3, 0.4) is 0 Å². The van der Waals surface area contributed by atoms with Crippen LogP contribution in [0.25, 0.3) is 0 Å². The highest BCUT2D eigenvalue weighted by atomic mass is 35.5. The SMILES string of the molecule is NC(=O)N(C(=O)c1c(F)cccc1Cl)c1cccc(Oc2cc(Cl)cc(Cl)c2)n1. The summed E-state index contributed by atoms with van der Waals surface area (Å²) >= 11 is 17.8. The molecule has 2 N–H and O–H groups in total. The van der Waals surface area contributed by atoms with Crippen molar-refractivity contribution < 1.29 is 18.7 Å². The average molecular weight is 455 g/mol. The number of anilines is 1. The summed E-state index contributed by atoms with van der Waals surface area (Å²) in [4.78, 5) is 29.3. The Kier molecular flexibility index (Phi) is 6.22. The molecule has 0 aliphatic rings. The van der Waals surface area contributed by atoms with Crippen LogP contribution in [0.4, 0.5) is 15.0 Å². The predicted molar refractivity (Wildman–Crippen MR) is 109 cm³/mol. The van der Waals surface area contributed by atoms with Crippen LogP contribution >= 0.6 is 34.8 Å². The maximum absolute atomic E-state index is 14.1. The Morgan fingerprint density at radius 3 is 2.28 bits per heavy atom. The maximum atomic E-state index is 14.1. The van der Waals surface area contributed by atoms with E-state index in [1.807, 2.05) is 0 Å². The molecule has 148 valence electrons. The molecule has 3 aromatic rings. The first kappa shape index (κ1) is 20.9. The van der Waals surface area contributed by atoms with Gasteiger partial charge in [-0.3, -0.25) is 4.79 Å². The van der Waals surface area contributed by atoms with Crippen LogP contribution in [-0.2, 0) is 0 Å². The minimum Gasteiger partial charge on any atom is -0.439 e. The van der Waals surface area contributed by atoms with Crippen LogP contribution in [0.15, 0.2) is 54.6 Å². The predicted octanol–water partition coefficient (Wildman–Crippen LogP) is 5.70. The molecular weight excluding hydrogens is 444 g/mol. The van der Waals surface area contributed by atoms with E-state index in [1.54, 1.807) is 0 Å². The molecule has 3 amide bonds. The van der Waals surface area contributed by atoms with E-state index in [4.69, 9.17) is 45.3 Å². The molecule has 1 heterocycles. The Balaban J connectivity index is 1.98. The zero-order valence-electron chi connectivity index (χ0n) is 14.4. The number of pyridine rings is 1. The van der Waals surface area contributed by atoms with Crippen LogP contribution < -0.4 is 15.4 Å². The minimum atomic E-state index is -1.18. The van der Waals surface area contributed by atoms with E-state index >= 15 is 0 Å².